The Kier molecular flexibility index (Phi) is 6.68. The molecule has 2 N–H and O–H groups in total. The van der Waals surface area contributed by atoms with E-state index >= 15 is 0 Å². The van der Waals surface area contributed by atoms with Crippen LogP contribution in [0, 0.1) is 0 Å². The molecular formula is C10H13Cl3F3N3. The summed E-state index contributed by atoms with van der Waals surface area (Å²) in [5, 5.41) is 0.00826. The van der Waals surface area contributed by atoms with Crippen molar-refractivity contribution >= 4 is 42.2 Å². The molecule has 0 aromatic carbocycles. The van der Waals surface area contributed by atoms with E-state index in [9.17, 15) is 13.2 Å². The van der Waals surface area contributed by atoms with E-state index in [1.165, 1.54) is 0 Å². The molecule has 1 unspecified atom stereocenters. The van der Waals surface area contributed by atoms with E-state index < -0.39 is 11.7 Å². The fourth-order valence-corrected chi connectivity index (χ4v) is 2.08. The molecule has 0 bridgehead atoms. The van der Waals surface area contributed by atoms with Crippen LogP contribution >= 0.6 is 36.4 Å². The molecule has 1 fully saturated rings. The lowest BCUT2D eigenvalue weighted by Gasteiger charge is -2.19. The van der Waals surface area contributed by atoms with Crippen LogP contribution in [0.3, 0.4) is 0 Å². The van der Waals surface area contributed by atoms with Crippen LogP contribution in [0.1, 0.15) is 12.0 Å². The molecule has 1 atom stereocenters. The molecule has 0 aliphatic carbocycles. The lowest BCUT2D eigenvalue weighted by Crippen LogP contribution is -2.27. The van der Waals surface area contributed by atoms with Crippen LogP contribution < -0.4 is 10.6 Å². The summed E-state index contributed by atoms with van der Waals surface area (Å²) in [5.74, 6) is 0.368. The first-order valence-electron chi connectivity index (χ1n) is 5.11. The summed E-state index contributed by atoms with van der Waals surface area (Å²) >= 11 is 5.82. The quantitative estimate of drug-likeness (QED) is 0.855. The van der Waals surface area contributed by atoms with E-state index in [0.717, 1.165) is 18.7 Å². The Labute approximate surface area is 126 Å². The Morgan fingerprint density at radius 2 is 2.00 bits per heavy atom. The summed E-state index contributed by atoms with van der Waals surface area (Å²) in [7, 11) is 0. The van der Waals surface area contributed by atoms with Gasteiger partial charge < -0.3 is 10.6 Å². The third-order valence-corrected chi connectivity index (χ3v) is 2.95. The highest BCUT2D eigenvalue weighted by Gasteiger charge is 2.32. The van der Waals surface area contributed by atoms with Gasteiger partial charge in [0.2, 0.25) is 0 Å². The van der Waals surface area contributed by atoms with Crippen LogP contribution in [-0.4, -0.2) is 24.1 Å². The number of hydrogen-bond acceptors (Lipinski definition) is 3. The second kappa shape index (κ2) is 6.83. The number of nitrogens with zero attached hydrogens (tertiary/aromatic N) is 2. The highest BCUT2D eigenvalue weighted by Crippen LogP contribution is 2.34. The Bertz CT molecular complexity index is 428. The molecule has 1 saturated heterocycles. The number of nitrogens with two attached hydrogens (primary N) is 1. The molecule has 110 valence electrons. The fourth-order valence-electron chi connectivity index (χ4n) is 1.80. The summed E-state index contributed by atoms with van der Waals surface area (Å²) in [5.41, 5.74) is 4.88. The molecule has 2 rings (SSSR count). The molecule has 0 saturated carbocycles. The van der Waals surface area contributed by atoms with E-state index in [1.807, 2.05) is 0 Å². The minimum absolute atomic E-state index is 0. The highest BCUT2D eigenvalue weighted by molar-refractivity contribution is 6.33. The zero-order valence-corrected chi connectivity index (χ0v) is 12.0. The van der Waals surface area contributed by atoms with Crippen molar-refractivity contribution in [2.75, 3.05) is 18.0 Å². The molecule has 1 aromatic heterocycles. The van der Waals surface area contributed by atoms with Crippen molar-refractivity contribution in [1.29, 1.82) is 0 Å². The molecule has 1 aliphatic heterocycles. The Morgan fingerprint density at radius 1 is 1.37 bits per heavy atom. The molecule has 0 spiro atoms. The first kappa shape index (κ1) is 18.6. The summed E-state index contributed by atoms with van der Waals surface area (Å²) < 4.78 is 37.2. The molecular weight excluding hydrogens is 325 g/mol. The van der Waals surface area contributed by atoms with Gasteiger partial charge in [-0.1, -0.05) is 11.6 Å². The van der Waals surface area contributed by atoms with Crippen molar-refractivity contribution in [2.45, 2.75) is 18.6 Å². The van der Waals surface area contributed by atoms with Gasteiger partial charge in [0.25, 0.3) is 0 Å². The average molecular weight is 339 g/mol. The summed E-state index contributed by atoms with van der Waals surface area (Å²) in [6, 6.07) is 0.920. The number of rotatable bonds is 1. The third-order valence-electron chi connectivity index (χ3n) is 2.67. The standard InChI is InChI=1S/C10H11ClF3N3.2ClH/c11-8-3-6(10(12,13)14)4-16-9(8)17-2-1-7(15)5-17;;/h3-4,7H,1-2,5,15H2;2*1H. The second-order valence-corrected chi connectivity index (χ2v) is 4.43. The van der Waals surface area contributed by atoms with Gasteiger partial charge in [0.1, 0.15) is 5.82 Å². The zero-order chi connectivity index (χ0) is 12.6. The van der Waals surface area contributed by atoms with Crippen LogP contribution in [0.5, 0.6) is 0 Å². The smallest absolute Gasteiger partial charge is 0.354 e. The van der Waals surface area contributed by atoms with Crippen LogP contribution in [0.2, 0.25) is 5.02 Å². The predicted octanol–water partition coefficient (Wildman–Crippen LogP) is 3.13. The number of aromatic nitrogens is 1. The maximum Gasteiger partial charge on any atom is 0.417 e. The van der Waals surface area contributed by atoms with Crippen molar-refractivity contribution < 1.29 is 13.2 Å². The first-order chi connectivity index (χ1) is 7.88. The zero-order valence-electron chi connectivity index (χ0n) is 9.65. The summed E-state index contributed by atoms with van der Waals surface area (Å²) in [6.07, 6.45) is -2.83. The van der Waals surface area contributed by atoms with E-state index in [-0.39, 0.29) is 35.9 Å². The lowest BCUT2D eigenvalue weighted by atomic mass is 10.2. The van der Waals surface area contributed by atoms with E-state index in [0.29, 0.717) is 18.9 Å². The first-order valence-corrected chi connectivity index (χ1v) is 5.49. The third kappa shape index (κ3) is 4.27. The normalized spacial score (nSPS) is 18.8. The van der Waals surface area contributed by atoms with E-state index in [1.54, 1.807) is 4.90 Å². The summed E-state index contributed by atoms with van der Waals surface area (Å²) in [6.45, 7) is 1.23. The van der Waals surface area contributed by atoms with Gasteiger partial charge in [0.15, 0.2) is 0 Å². The molecule has 1 aliphatic rings. The number of anilines is 1. The Balaban J connectivity index is 0.00000162. The molecule has 9 heteroatoms. The van der Waals surface area contributed by atoms with Crippen molar-refractivity contribution in [3.05, 3.63) is 22.8 Å². The minimum atomic E-state index is -4.42. The van der Waals surface area contributed by atoms with E-state index in [4.69, 9.17) is 17.3 Å². The van der Waals surface area contributed by atoms with Gasteiger partial charge >= 0.3 is 6.18 Å². The number of alkyl halides is 3. The minimum Gasteiger partial charge on any atom is -0.354 e. The highest BCUT2D eigenvalue weighted by atomic mass is 35.5. The average Bonchev–Trinajstić information content (AvgIpc) is 2.63. The van der Waals surface area contributed by atoms with Gasteiger partial charge in [-0.25, -0.2) is 4.98 Å². The van der Waals surface area contributed by atoms with E-state index in [2.05, 4.69) is 4.98 Å². The predicted molar refractivity (Wildman–Crippen MR) is 73.6 cm³/mol. The molecule has 1 aromatic rings. The van der Waals surface area contributed by atoms with Gasteiger partial charge in [-0.15, -0.1) is 24.8 Å². The maximum atomic E-state index is 12.4. The second-order valence-electron chi connectivity index (χ2n) is 4.02. The largest absolute Gasteiger partial charge is 0.417 e. The topological polar surface area (TPSA) is 42.1 Å². The van der Waals surface area contributed by atoms with Gasteiger partial charge in [-0.2, -0.15) is 13.2 Å². The van der Waals surface area contributed by atoms with Crippen LogP contribution in [0.15, 0.2) is 12.3 Å². The number of hydrogen-bond donors (Lipinski definition) is 1. The van der Waals surface area contributed by atoms with Crippen molar-refractivity contribution in [1.82, 2.24) is 4.98 Å². The molecule has 19 heavy (non-hydrogen) atoms. The molecule has 2 heterocycles. The van der Waals surface area contributed by atoms with Crippen LogP contribution in [0.4, 0.5) is 19.0 Å². The number of halogens is 6. The van der Waals surface area contributed by atoms with Crippen molar-refractivity contribution in [2.24, 2.45) is 5.73 Å². The Hall–Kier alpha value is -0.430. The monoisotopic (exact) mass is 337 g/mol. The van der Waals surface area contributed by atoms with Gasteiger partial charge in [-0.05, 0) is 12.5 Å². The van der Waals surface area contributed by atoms with Crippen LogP contribution in [-0.2, 0) is 6.18 Å². The Morgan fingerprint density at radius 3 is 2.42 bits per heavy atom. The maximum absolute atomic E-state index is 12.4. The van der Waals surface area contributed by atoms with Gasteiger partial charge in [-0.3, -0.25) is 0 Å². The van der Waals surface area contributed by atoms with Gasteiger partial charge in [0.05, 0.1) is 10.6 Å². The van der Waals surface area contributed by atoms with Crippen molar-refractivity contribution in [3.8, 4) is 0 Å². The molecule has 0 radical (unpaired) electrons. The lowest BCUT2D eigenvalue weighted by molar-refractivity contribution is -0.137. The van der Waals surface area contributed by atoms with Gasteiger partial charge in [0, 0.05) is 25.3 Å². The molecule has 0 amide bonds. The summed E-state index contributed by atoms with van der Waals surface area (Å²) in [4.78, 5) is 5.58. The van der Waals surface area contributed by atoms with Crippen LogP contribution in [0.25, 0.3) is 0 Å². The fraction of sp³-hybridized carbons (Fsp3) is 0.500. The molecule has 3 nitrogen and oxygen atoms in total. The number of pyridine rings is 1. The SMILES string of the molecule is Cl.Cl.NC1CCN(c2ncc(C(F)(F)F)cc2Cl)C1. The van der Waals surface area contributed by atoms with Crippen molar-refractivity contribution in [3.63, 3.8) is 0 Å².